The van der Waals surface area contributed by atoms with Crippen molar-refractivity contribution < 1.29 is 8.42 Å². The Bertz CT molecular complexity index is 2000. The number of fused-ring (bicyclic) bond motifs is 6. The fraction of sp³-hybridized carbons (Fsp3) is 0.185. The van der Waals surface area contributed by atoms with Crippen molar-refractivity contribution in [3.8, 4) is 11.1 Å². The van der Waals surface area contributed by atoms with Crippen molar-refractivity contribution in [1.29, 1.82) is 0 Å². The van der Waals surface area contributed by atoms with E-state index in [0.29, 0.717) is 32.7 Å². The number of hydrogen-bond donors (Lipinski definition) is 3. The average molecular weight is 565 g/mol. The van der Waals surface area contributed by atoms with Crippen molar-refractivity contribution in [2.45, 2.75) is 24.7 Å². The summed E-state index contributed by atoms with van der Waals surface area (Å²) in [5, 5.41) is 2.25. The second kappa shape index (κ2) is 9.92. The second-order valence-corrected chi connectivity index (χ2v) is 11.9. The largest absolute Gasteiger partial charge is 0.369 e. The van der Waals surface area contributed by atoms with Crippen molar-refractivity contribution in [1.82, 2.24) is 24.2 Å². The quantitative estimate of drug-likeness (QED) is 0.277. The molecule has 0 unspecified atom stereocenters. The molecule has 6 rings (SSSR count). The molecule has 2 heterocycles. The van der Waals surface area contributed by atoms with E-state index in [0.717, 1.165) is 39.4 Å². The third-order valence-electron chi connectivity index (χ3n) is 6.54. The Morgan fingerprint density at radius 3 is 2.44 bits per heavy atom. The molecule has 0 spiro atoms. The molecule has 0 fully saturated rings. The number of aromatic nitrogens is 4. The summed E-state index contributed by atoms with van der Waals surface area (Å²) in [4.78, 5) is 38.0. The lowest BCUT2D eigenvalue weighted by Crippen LogP contribution is -2.22. The summed E-state index contributed by atoms with van der Waals surface area (Å²) in [6.07, 6.45) is 1.73. The second-order valence-electron chi connectivity index (χ2n) is 9.36. The van der Waals surface area contributed by atoms with E-state index in [4.69, 9.17) is 17.3 Å². The van der Waals surface area contributed by atoms with Crippen molar-refractivity contribution in [2.75, 3.05) is 19.8 Å². The van der Waals surface area contributed by atoms with Crippen LogP contribution in [-0.2, 0) is 22.9 Å². The molecule has 0 radical (unpaired) electrons. The molecule has 0 amide bonds. The first-order chi connectivity index (χ1) is 18.5. The van der Waals surface area contributed by atoms with Crippen LogP contribution in [-0.4, -0.2) is 46.8 Å². The maximum absolute atomic E-state index is 12.3. The molecular weight excluding hydrogens is 540 g/mol. The van der Waals surface area contributed by atoms with E-state index < -0.39 is 15.6 Å². The zero-order valence-corrected chi connectivity index (χ0v) is 22.9. The molecule has 0 atom stereocenters. The van der Waals surface area contributed by atoms with Crippen molar-refractivity contribution >= 4 is 49.2 Å². The van der Waals surface area contributed by atoms with E-state index in [1.165, 1.54) is 26.2 Å². The van der Waals surface area contributed by atoms with Crippen LogP contribution in [0, 0.1) is 6.92 Å². The van der Waals surface area contributed by atoms with E-state index >= 15 is 0 Å². The van der Waals surface area contributed by atoms with Crippen molar-refractivity contribution in [3.63, 3.8) is 0 Å². The fourth-order valence-electron chi connectivity index (χ4n) is 4.68. The van der Waals surface area contributed by atoms with Crippen LogP contribution in [0.4, 0.5) is 5.95 Å². The van der Waals surface area contributed by atoms with Crippen LogP contribution in [0.5, 0.6) is 0 Å². The van der Waals surface area contributed by atoms with E-state index in [1.807, 2.05) is 18.2 Å². The number of benzene rings is 3. The molecule has 0 bridgehead atoms. The van der Waals surface area contributed by atoms with Crippen LogP contribution in [0.15, 0.2) is 63.0 Å². The summed E-state index contributed by atoms with van der Waals surface area (Å²) in [6.45, 7) is 1.80. The zero-order chi connectivity index (χ0) is 28.1. The van der Waals surface area contributed by atoms with Gasteiger partial charge in [0.1, 0.15) is 5.82 Å². The van der Waals surface area contributed by atoms with E-state index in [2.05, 4.69) is 19.9 Å². The van der Waals surface area contributed by atoms with Gasteiger partial charge in [0.25, 0.3) is 11.1 Å². The van der Waals surface area contributed by atoms with Crippen molar-refractivity contribution in [2.24, 2.45) is 0 Å². The van der Waals surface area contributed by atoms with Gasteiger partial charge in [-0.05, 0) is 72.0 Å². The molecule has 0 aliphatic heterocycles. The normalized spacial score (nSPS) is 12.6. The molecule has 10 nitrogen and oxygen atoms in total. The summed E-state index contributed by atoms with van der Waals surface area (Å²) in [6, 6.07) is 13.8. The van der Waals surface area contributed by atoms with Gasteiger partial charge in [-0.2, -0.15) is 0 Å². The molecule has 200 valence electrons. The van der Waals surface area contributed by atoms with Gasteiger partial charge >= 0.3 is 0 Å². The number of nitrogen functional groups attached to an aromatic ring is 1. The number of aromatic amines is 2. The van der Waals surface area contributed by atoms with Crippen LogP contribution in [0.25, 0.3) is 32.8 Å². The van der Waals surface area contributed by atoms with Gasteiger partial charge < -0.3 is 10.7 Å². The highest BCUT2D eigenvalue weighted by Gasteiger charge is 2.21. The first-order valence-electron chi connectivity index (χ1n) is 12.0. The molecule has 0 saturated carbocycles. The maximum atomic E-state index is 12.3. The highest BCUT2D eigenvalue weighted by molar-refractivity contribution is 7.89. The minimum atomic E-state index is -3.58. The van der Waals surface area contributed by atoms with E-state index in [9.17, 15) is 18.0 Å². The summed E-state index contributed by atoms with van der Waals surface area (Å²) >= 11 is 5.99. The Labute approximate surface area is 228 Å². The number of nitrogens with two attached hydrogens (primary N) is 1. The fourth-order valence-corrected chi connectivity index (χ4v) is 5.78. The van der Waals surface area contributed by atoms with Crippen LogP contribution in [0.2, 0.25) is 5.02 Å². The monoisotopic (exact) mass is 564 g/mol. The number of nitrogens with one attached hydrogen (secondary N) is 2. The van der Waals surface area contributed by atoms with Crippen LogP contribution in [0.1, 0.15) is 17.1 Å². The molecule has 0 saturated heterocycles. The standard InChI is InChI=1S/C14H14N4O3S.C13H11ClN2O/c1-18(2)22(20,21)9-5-3-8-4-6-11-12(10(8)7-9)13(19)17-14(15)16-11;1-7-15-11-5-3-8-2-4-9(14)6-10(8)12(11)13(17)16-7/h3-7H,1-2H3,(H3,15,16,17,19);2,4,6H,3,5H2,1H3,(H,15,16,17). The number of nitrogens with zero attached hydrogens (tertiary/aromatic N) is 3. The highest BCUT2D eigenvalue weighted by atomic mass is 35.5. The summed E-state index contributed by atoms with van der Waals surface area (Å²) < 4.78 is 25.6. The lowest BCUT2D eigenvalue weighted by atomic mass is 9.89. The summed E-state index contributed by atoms with van der Waals surface area (Å²) in [5.74, 6) is 0.688. The molecular formula is C27H25ClN6O4S. The van der Waals surface area contributed by atoms with Gasteiger partial charge in [-0.3, -0.25) is 14.6 Å². The third kappa shape index (κ3) is 4.91. The molecule has 39 heavy (non-hydrogen) atoms. The smallest absolute Gasteiger partial charge is 0.260 e. The number of halogens is 1. The molecule has 1 aliphatic rings. The zero-order valence-electron chi connectivity index (χ0n) is 21.4. The molecule has 2 aromatic heterocycles. The lowest BCUT2D eigenvalue weighted by molar-refractivity contribution is 0.521. The Morgan fingerprint density at radius 2 is 1.69 bits per heavy atom. The lowest BCUT2D eigenvalue weighted by Gasteiger charge is -2.18. The number of rotatable bonds is 2. The average Bonchev–Trinajstić information content (AvgIpc) is 2.87. The van der Waals surface area contributed by atoms with Gasteiger partial charge in [0.15, 0.2) is 0 Å². The minimum Gasteiger partial charge on any atom is -0.369 e. The number of anilines is 1. The maximum Gasteiger partial charge on any atom is 0.260 e. The number of H-pyrrole nitrogens is 2. The molecule has 3 aromatic carbocycles. The van der Waals surface area contributed by atoms with Crippen LogP contribution in [0.3, 0.4) is 0 Å². The van der Waals surface area contributed by atoms with Gasteiger partial charge in [-0.25, -0.2) is 22.7 Å². The van der Waals surface area contributed by atoms with Gasteiger partial charge in [0.2, 0.25) is 16.0 Å². The first-order valence-corrected chi connectivity index (χ1v) is 13.8. The van der Waals surface area contributed by atoms with Crippen LogP contribution >= 0.6 is 11.6 Å². The van der Waals surface area contributed by atoms with Gasteiger partial charge in [0, 0.05) is 19.1 Å². The van der Waals surface area contributed by atoms with Gasteiger partial charge in [-0.15, -0.1) is 0 Å². The molecule has 1 aliphatic carbocycles. The van der Waals surface area contributed by atoms with Crippen LogP contribution < -0.4 is 16.9 Å². The molecule has 5 aromatic rings. The van der Waals surface area contributed by atoms with E-state index in [1.54, 1.807) is 25.1 Å². The molecule has 4 N–H and O–H groups in total. The predicted octanol–water partition coefficient (Wildman–Crippen LogP) is 3.41. The Morgan fingerprint density at radius 1 is 0.949 bits per heavy atom. The highest BCUT2D eigenvalue weighted by Crippen LogP contribution is 2.32. The number of hydrogen-bond acceptors (Lipinski definition) is 7. The topological polar surface area (TPSA) is 155 Å². The minimum absolute atomic E-state index is 0.0221. The van der Waals surface area contributed by atoms with Gasteiger partial charge in [-0.1, -0.05) is 29.8 Å². The van der Waals surface area contributed by atoms with Gasteiger partial charge in [0.05, 0.1) is 27.1 Å². The van der Waals surface area contributed by atoms with E-state index in [-0.39, 0.29) is 16.4 Å². The molecule has 12 heteroatoms. The third-order valence-corrected chi connectivity index (χ3v) is 8.59. The number of aryl methyl sites for hydroxylation is 3. The predicted molar refractivity (Wildman–Crippen MR) is 153 cm³/mol. The SMILES string of the molecule is CN(C)S(=O)(=O)c1ccc2ccc3nc(N)[nH]c(=O)c3c2c1.Cc1nc2c(c(=O)[nH]1)-c1cc(Cl)ccc1CC2. The summed E-state index contributed by atoms with van der Waals surface area (Å²) in [7, 11) is -0.670. The Kier molecular flexibility index (Phi) is 6.75. The number of sulfonamides is 1. The first kappa shape index (κ1) is 26.5. The summed E-state index contributed by atoms with van der Waals surface area (Å²) in [5.41, 5.74) is 9.14. The van der Waals surface area contributed by atoms with Crippen molar-refractivity contribution in [3.05, 3.63) is 91.3 Å². The Balaban J connectivity index is 0.000000163. The Hall–Kier alpha value is -4.06.